The highest BCUT2D eigenvalue weighted by atomic mass is 32.2. The van der Waals surface area contributed by atoms with Crippen molar-refractivity contribution in [2.24, 2.45) is 11.1 Å². The molecule has 1 aromatic carbocycles. The molecule has 1 fully saturated rings. The number of thiophene rings is 1. The van der Waals surface area contributed by atoms with Gasteiger partial charge in [0.05, 0.1) is 16.9 Å². The smallest absolute Gasteiger partial charge is 0.238 e. The van der Waals surface area contributed by atoms with Gasteiger partial charge in [-0.3, -0.25) is 9.69 Å². The summed E-state index contributed by atoms with van der Waals surface area (Å²) in [7, 11) is -3.77. The van der Waals surface area contributed by atoms with Crippen LogP contribution in [0.4, 0.5) is 5.00 Å². The Balaban J connectivity index is 1.53. The van der Waals surface area contributed by atoms with E-state index in [4.69, 9.17) is 5.14 Å². The van der Waals surface area contributed by atoms with E-state index in [2.05, 4.69) is 30.1 Å². The van der Waals surface area contributed by atoms with E-state index >= 15 is 0 Å². The van der Waals surface area contributed by atoms with Gasteiger partial charge in [-0.1, -0.05) is 45.2 Å². The van der Waals surface area contributed by atoms with Crippen LogP contribution >= 0.6 is 11.3 Å². The van der Waals surface area contributed by atoms with Crippen LogP contribution in [-0.2, 0) is 34.2 Å². The lowest BCUT2D eigenvalue weighted by Crippen LogP contribution is -2.53. The molecule has 2 aromatic rings. The molecule has 0 bridgehead atoms. The van der Waals surface area contributed by atoms with Crippen LogP contribution in [0.2, 0.25) is 0 Å². The van der Waals surface area contributed by atoms with Crippen molar-refractivity contribution in [1.29, 1.82) is 5.26 Å². The quantitative estimate of drug-likeness (QED) is 0.503. The molecule has 1 amide bonds. The van der Waals surface area contributed by atoms with Crippen LogP contribution < -0.4 is 10.5 Å². The molecule has 1 aliphatic carbocycles. The van der Waals surface area contributed by atoms with Crippen molar-refractivity contribution in [2.75, 3.05) is 11.9 Å². The van der Waals surface area contributed by atoms with Crippen LogP contribution in [0.3, 0.4) is 0 Å². The van der Waals surface area contributed by atoms with Gasteiger partial charge in [0, 0.05) is 35.5 Å². The lowest BCUT2D eigenvalue weighted by Gasteiger charge is -2.48. The molecule has 1 saturated carbocycles. The summed E-state index contributed by atoms with van der Waals surface area (Å²) in [6.07, 6.45) is 9.68. The Bertz CT molecular complexity index is 1240. The molecule has 9 heteroatoms. The Labute approximate surface area is 218 Å². The largest absolute Gasteiger partial charge is 0.316 e. The number of benzene rings is 1. The molecule has 2 aliphatic rings. The highest BCUT2D eigenvalue weighted by Gasteiger charge is 2.41. The summed E-state index contributed by atoms with van der Waals surface area (Å²) in [6, 6.07) is 8.35. The SMILES string of the molecule is CCC1(CC)Cc2sc(NC(=O)Cc3ccc(S(N)(=O)=O)cc3)c(C#N)c2CN1CC1CCCCC1. The van der Waals surface area contributed by atoms with Crippen LogP contribution in [0.1, 0.15) is 80.4 Å². The summed E-state index contributed by atoms with van der Waals surface area (Å²) in [6.45, 7) is 6.38. The third kappa shape index (κ3) is 5.67. The Hall–Kier alpha value is -2.25. The number of sulfonamides is 1. The summed E-state index contributed by atoms with van der Waals surface area (Å²) in [5, 5.41) is 18.8. The maximum atomic E-state index is 12.8. The average molecular weight is 529 g/mol. The number of primary sulfonamides is 1. The summed E-state index contributed by atoms with van der Waals surface area (Å²) < 4.78 is 22.9. The normalized spacial score (nSPS) is 18.4. The first-order valence-corrected chi connectivity index (χ1v) is 15.3. The van der Waals surface area contributed by atoms with E-state index in [9.17, 15) is 18.5 Å². The first-order valence-electron chi connectivity index (χ1n) is 12.9. The maximum absolute atomic E-state index is 12.8. The summed E-state index contributed by atoms with van der Waals surface area (Å²) in [4.78, 5) is 16.7. The number of nitrogens with zero attached hydrogens (tertiary/aromatic N) is 2. The van der Waals surface area contributed by atoms with Crippen molar-refractivity contribution in [1.82, 2.24) is 4.90 Å². The number of carbonyl (C=O) groups is 1. The van der Waals surface area contributed by atoms with Gasteiger partial charge in [0.1, 0.15) is 11.1 Å². The fraction of sp³-hybridized carbons (Fsp3) is 0.556. The first-order chi connectivity index (χ1) is 17.2. The van der Waals surface area contributed by atoms with Crippen LogP contribution in [0.25, 0.3) is 0 Å². The Morgan fingerprint density at radius 1 is 1.19 bits per heavy atom. The van der Waals surface area contributed by atoms with Gasteiger partial charge >= 0.3 is 0 Å². The molecular weight excluding hydrogens is 492 g/mol. The fourth-order valence-corrected chi connectivity index (χ4v) is 7.67. The van der Waals surface area contributed by atoms with Crippen LogP contribution in [0.5, 0.6) is 0 Å². The summed E-state index contributed by atoms with van der Waals surface area (Å²) >= 11 is 1.54. The molecule has 0 radical (unpaired) electrons. The second-order valence-corrected chi connectivity index (χ2v) is 12.9. The number of carbonyl (C=O) groups excluding carboxylic acids is 1. The van der Waals surface area contributed by atoms with Crippen molar-refractivity contribution in [3.8, 4) is 6.07 Å². The van der Waals surface area contributed by atoms with Gasteiger partial charge in [-0.2, -0.15) is 5.26 Å². The van der Waals surface area contributed by atoms with Crippen molar-refractivity contribution < 1.29 is 13.2 Å². The minimum absolute atomic E-state index is 0.0115. The monoisotopic (exact) mass is 528 g/mol. The number of hydrogen-bond donors (Lipinski definition) is 2. The number of nitrogens with one attached hydrogen (secondary N) is 1. The molecule has 194 valence electrons. The van der Waals surface area contributed by atoms with E-state index in [1.54, 1.807) is 12.1 Å². The van der Waals surface area contributed by atoms with Gasteiger partial charge in [0.2, 0.25) is 15.9 Å². The molecule has 4 rings (SSSR count). The summed E-state index contributed by atoms with van der Waals surface area (Å²) in [5.41, 5.74) is 2.43. The van der Waals surface area contributed by atoms with Gasteiger partial charge < -0.3 is 5.32 Å². The lowest BCUT2D eigenvalue weighted by molar-refractivity contribution is -0.115. The van der Waals surface area contributed by atoms with Gasteiger partial charge in [-0.25, -0.2) is 13.6 Å². The minimum Gasteiger partial charge on any atom is -0.316 e. The highest BCUT2D eigenvalue weighted by Crippen LogP contribution is 2.44. The maximum Gasteiger partial charge on any atom is 0.238 e. The van der Waals surface area contributed by atoms with Gasteiger partial charge in [0.15, 0.2) is 0 Å². The number of nitrogens with two attached hydrogens (primary N) is 1. The van der Waals surface area contributed by atoms with Gasteiger partial charge in [-0.05, 0) is 49.3 Å². The Kier molecular flexibility index (Phi) is 8.20. The van der Waals surface area contributed by atoms with E-state index in [0.29, 0.717) is 16.1 Å². The number of anilines is 1. The standard InChI is InChI=1S/C27H36N4O3S2/c1-3-27(4-2)15-24-23(18-31(27)17-20-8-6-5-7-9-20)22(16-28)26(35-24)30-25(32)14-19-10-12-21(13-11-19)36(29,33)34/h10-13,20H,3-9,14-15,17-18H2,1-2H3,(H,30,32)(H2,29,33,34). The van der Waals surface area contributed by atoms with Crippen molar-refractivity contribution >= 4 is 32.3 Å². The second-order valence-electron chi connectivity index (χ2n) is 10.2. The topological polar surface area (TPSA) is 116 Å². The molecule has 3 N–H and O–H groups in total. The molecule has 0 spiro atoms. The van der Waals surface area contributed by atoms with Crippen LogP contribution in [-0.4, -0.2) is 31.3 Å². The van der Waals surface area contributed by atoms with Gasteiger partial charge in [0.25, 0.3) is 0 Å². The van der Waals surface area contributed by atoms with E-state index in [0.717, 1.165) is 43.8 Å². The number of rotatable bonds is 8. The second kappa shape index (κ2) is 11.0. The molecule has 1 aromatic heterocycles. The third-order valence-electron chi connectivity index (χ3n) is 8.10. The fourth-order valence-electron chi connectivity index (χ4n) is 5.84. The predicted molar refractivity (Wildman–Crippen MR) is 143 cm³/mol. The molecule has 1 aliphatic heterocycles. The zero-order valence-electron chi connectivity index (χ0n) is 21.2. The molecule has 0 unspecified atom stereocenters. The Morgan fingerprint density at radius 2 is 1.86 bits per heavy atom. The van der Waals surface area contributed by atoms with E-state index in [1.165, 1.54) is 60.5 Å². The van der Waals surface area contributed by atoms with Crippen LogP contribution in [0.15, 0.2) is 29.2 Å². The van der Waals surface area contributed by atoms with Crippen molar-refractivity contribution in [3.05, 3.63) is 45.8 Å². The lowest BCUT2D eigenvalue weighted by atomic mass is 9.79. The number of nitriles is 1. The number of hydrogen-bond acceptors (Lipinski definition) is 6. The molecule has 36 heavy (non-hydrogen) atoms. The predicted octanol–water partition coefficient (Wildman–Crippen LogP) is 4.95. The minimum atomic E-state index is -3.77. The molecule has 7 nitrogen and oxygen atoms in total. The number of fused-ring (bicyclic) bond motifs is 1. The number of amides is 1. The molecular formula is C27H36N4O3S2. The Morgan fingerprint density at radius 3 is 2.44 bits per heavy atom. The first kappa shape index (κ1) is 26.8. The molecule has 2 heterocycles. The zero-order valence-corrected chi connectivity index (χ0v) is 22.8. The van der Waals surface area contributed by atoms with Gasteiger partial charge in [-0.15, -0.1) is 11.3 Å². The average Bonchev–Trinajstić information content (AvgIpc) is 3.18. The molecule has 0 atom stereocenters. The molecule has 0 saturated heterocycles. The van der Waals surface area contributed by atoms with Crippen molar-refractivity contribution in [3.63, 3.8) is 0 Å². The van der Waals surface area contributed by atoms with Crippen LogP contribution in [0, 0.1) is 17.2 Å². The summed E-state index contributed by atoms with van der Waals surface area (Å²) in [5.74, 6) is 0.492. The van der Waals surface area contributed by atoms with Crippen molar-refractivity contribution in [2.45, 2.75) is 88.6 Å². The third-order valence-corrected chi connectivity index (χ3v) is 10.2. The highest BCUT2D eigenvalue weighted by molar-refractivity contribution is 7.89. The van der Waals surface area contributed by atoms with E-state index in [-0.39, 0.29) is 22.8 Å². The van der Waals surface area contributed by atoms with E-state index in [1.807, 2.05) is 0 Å². The zero-order chi connectivity index (χ0) is 25.9. The van der Waals surface area contributed by atoms with E-state index < -0.39 is 10.0 Å².